The molecule has 1 rings (SSSR count). The van der Waals surface area contributed by atoms with Gasteiger partial charge in [-0.25, -0.2) is 4.79 Å². The van der Waals surface area contributed by atoms with E-state index in [1.807, 2.05) is 0 Å². The Morgan fingerprint density at radius 1 is 1.27 bits per heavy atom. The molecule has 1 aromatic carbocycles. The average Bonchev–Trinajstić information content (AvgIpc) is 2.03. The molecule has 0 heterocycles. The fourth-order valence-corrected chi connectivity index (χ4v) is 0.654. The minimum Gasteiger partial charge on any atom is -1.00 e. The van der Waals surface area contributed by atoms with Gasteiger partial charge in [-0.2, -0.15) is 4.21 Å². The zero-order chi connectivity index (χ0) is 11.1. The minimum atomic E-state index is -2.61. The molecule has 15 heavy (non-hydrogen) atoms. The van der Waals surface area contributed by atoms with Gasteiger partial charge in [0.2, 0.25) is 0 Å². The van der Waals surface area contributed by atoms with Crippen molar-refractivity contribution in [2.24, 2.45) is 0 Å². The number of hydrogen-bond acceptors (Lipinski definition) is 3. The van der Waals surface area contributed by atoms with Crippen LogP contribution in [0.4, 0.5) is 0 Å². The van der Waals surface area contributed by atoms with Crippen LogP contribution in [0.25, 0.3) is 0 Å². The molecule has 0 saturated carbocycles. The zero-order valence-corrected chi connectivity index (χ0v) is 8.64. The van der Waals surface area contributed by atoms with Crippen LogP contribution < -0.4 is 18.9 Å². The largest absolute Gasteiger partial charge is 1.00 e. The van der Waals surface area contributed by atoms with Crippen LogP contribution in [-0.4, -0.2) is 29.5 Å². The van der Waals surface area contributed by atoms with Gasteiger partial charge in [0, 0.05) is 0 Å². The van der Waals surface area contributed by atoms with E-state index in [0.717, 1.165) is 0 Å². The van der Waals surface area contributed by atoms with Gasteiger partial charge in [0.25, 0.3) is 11.4 Å². The van der Waals surface area contributed by atoms with E-state index in [1.54, 1.807) is 12.1 Å². The molecule has 0 bridgehead atoms. The average molecular weight is 228 g/mol. The van der Waals surface area contributed by atoms with Crippen LogP contribution in [0, 0.1) is 0 Å². The van der Waals surface area contributed by atoms with Gasteiger partial charge in [0.15, 0.2) is 0 Å². The third-order valence-corrected chi connectivity index (χ3v) is 1.13. The summed E-state index contributed by atoms with van der Waals surface area (Å²) in [4.78, 5) is 10.3. The van der Waals surface area contributed by atoms with Crippen molar-refractivity contribution in [3.05, 3.63) is 29.8 Å². The summed E-state index contributed by atoms with van der Waals surface area (Å²) < 4.78 is 22.8. The molecule has 0 amide bonds. The summed E-state index contributed by atoms with van der Waals surface area (Å²) in [5, 5.41) is 17.3. The molecule has 0 spiro atoms. The number of hydrogen-bond donors (Lipinski definition) is 4. The molecule has 0 aliphatic rings. The Hall–Kier alpha value is -0.843. The van der Waals surface area contributed by atoms with Gasteiger partial charge in [-0.3, -0.25) is 9.11 Å². The van der Waals surface area contributed by atoms with Gasteiger partial charge in [0.1, 0.15) is 11.3 Å². The van der Waals surface area contributed by atoms with Crippen LogP contribution >= 0.6 is 0 Å². The predicted molar refractivity (Wildman–Crippen MR) is 49.6 cm³/mol. The Bertz CT molecular complexity index is 343. The quantitative estimate of drug-likeness (QED) is 0.323. The van der Waals surface area contributed by atoms with Crippen LogP contribution in [0.5, 0.6) is 5.75 Å². The number of para-hydroxylation sites is 1. The molecule has 0 aromatic heterocycles. The smallest absolute Gasteiger partial charge is 1.00 e. The van der Waals surface area contributed by atoms with E-state index >= 15 is 0 Å². The van der Waals surface area contributed by atoms with Gasteiger partial charge in [-0.15, -0.1) is 0 Å². The summed E-state index contributed by atoms with van der Waals surface area (Å²) in [5.41, 5.74) is -0.0671. The number of rotatable bonds is 1. The predicted octanol–water partition coefficient (Wildman–Crippen LogP) is -2.11. The maximum atomic E-state index is 10.3. The van der Waals surface area contributed by atoms with E-state index in [2.05, 4.69) is 0 Å². The van der Waals surface area contributed by atoms with E-state index in [4.69, 9.17) is 23.5 Å². The Kier molecular flexibility index (Phi) is 9.36. The second kappa shape index (κ2) is 8.46. The van der Waals surface area contributed by atoms with Crippen LogP contribution in [-0.2, 0) is 11.4 Å². The standard InChI is InChI=1S/C7H6O3.Li.H2O3S.H/c8-6-4-2-1-3-5(6)7(9)10;;1-4(2)3;/h1-4,8H,(H,9,10);;(H2,1,2,3);/q;+1;;-1. The SMILES string of the molecule is O=C(O)c1ccccc1O.O=S(O)O.[H-].[Li+]. The molecule has 8 heteroatoms. The van der Waals surface area contributed by atoms with Crippen molar-refractivity contribution in [2.75, 3.05) is 0 Å². The Morgan fingerprint density at radius 3 is 1.93 bits per heavy atom. The molecule has 0 radical (unpaired) electrons. The van der Waals surface area contributed by atoms with E-state index in [-0.39, 0.29) is 31.6 Å². The van der Waals surface area contributed by atoms with Crippen LogP contribution in [0.15, 0.2) is 24.3 Å². The maximum Gasteiger partial charge on any atom is 1.00 e. The number of carbonyl (C=O) groups is 1. The minimum absolute atomic E-state index is 0. The summed E-state index contributed by atoms with van der Waals surface area (Å²) in [6, 6.07) is 5.81. The second-order valence-corrected chi connectivity index (χ2v) is 2.51. The van der Waals surface area contributed by atoms with E-state index in [0.29, 0.717) is 0 Å². The fourth-order valence-electron chi connectivity index (χ4n) is 0.654. The first kappa shape index (κ1) is 16.6. The summed E-state index contributed by atoms with van der Waals surface area (Å²) in [5.74, 6) is -1.31. The number of phenols is 1. The molecule has 6 nitrogen and oxygen atoms in total. The fraction of sp³-hybridized carbons (Fsp3) is 0. The van der Waals surface area contributed by atoms with Gasteiger partial charge in [0.05, 0.1) is 0 Å². The van der Waals surface area contributed by atoms with Crippen molar-refractivity contribution in [3.8, 4) is 5.75 Å². The van der Waals surface area contributed by atoms with Crippen molar-refractivity contribution in [2.45, 2.75) is 0 Å². The molecule has 80 valence electrons. The molecule has 0 unspecified atom stereocenters. The normalized spacial score (nSPS) is 8.47. The molecule has 0 saturated heterocycles. The van der Waals surface area contributed by atoms with Gasteiger partial charge in [-0.1, -0.05) is 12.1 Å². The monoisotopic (exact) mass is 228 g/mol. The van der Waals surface area contributed by atoms with E-state index in [9.17, 15) is 4.79 Å². The van der Waals surface area contributed by atoms with Crippen LogP contribution in [0.3, 0.4) is 0 Å². The van der Waals surface area contributed by atoms with Crippen molar-refractivity contribution < 1.29 is 48.6 Å². The zero-order valence-electron chi connectivity index (χ0n) is 8.82. The number of aromatic carboxylic acids is 1. The van der Waals surface area contributed by atoms with E-state index in [1.165, 1.54) is 12.1 Å². The van der Waals surface area contributed by atoms with Crippen LogP contribution in [0.2, 0.25) is 0 Å². The first-order valence-electron chi connectivity index (χ1n) is 3.26. The molecule has 0 aliphatic heterocycles. The number of aromatic hydroxyl groups is 1. The summed E-state index contributed by atoms with van der Waals surface area (Å²) in [6.45, 7) is 0. The summed E-state index contributed by atoms with van der Waals surface area (Å²) in [7, 11) is 0. The summed E-state index contributed by atoms with van der Waals surface area (Å²) in [6.07, 6.45) is 0. The van der Waals surface area contributed by atoms with Crippen LogP contribution in [0.1, 0.15) is 11.8 Å². The topological polar surface area (TPSA) is 115 Å². The van der Waals surface area contributed by atoms with Gasteiger partial charge in [-0.05, 0) is 12.1 Å². The Labute approximate surface area is 102 Å². The number of carboxylic acids is 1. The third-order valence-electron chi connectivity index (χ3n) is 1.13. The molecule has 4 N–H and O–H groups in total. The molecule has 0 atom stereocenters. The second-order valence-electron chi connectivity index (χ2n) is 2.05. The Morgan fingerprint density at radius 2 is 1.67 bits per heavy atom. The molecule has 0 fully saturated rings. The van der Waals surface area contributed by atoms with Gasteiger partial charge >= 0.3 is 24.8 Å². The molecule has 1 aromatic rings. The number of carboxylic acid groups (broad SMARTS) is 1. The van der Waals surface area contributed by atoms with Crippen molar-refractivity contribution in [1.82, 2.24) is 0 Å². The van der Waals surface area contributed by atoms with Gasteiger partial charge < -0.3 is 11.6 Å². The maximum absolute atomic E-state index is 10.3. The summed E-state index contributed by atoms with van der Waals surface area (Å²) >= 11 is -2.61. The molecule has 0 aliphatic carbocycles. The Balaban J connectivity index is -0.000000249. The molecular weight excluding hydrogens is 219 g/mol. The first-order chi connectivity index (χ1) is 6.45. The van der Waals surface area contributed by atoms with Crippen molar-refractivity contribution >= 4 is 17.3 Å². The first-order valence-corrected chi connectivity index (χ1v) is 4.32. The number of benzene rings is 1. The van der Waals surface area contributed by atoms with Crippen molar-refractivity contribution in [1.29, 1.82) is 0 Å². The third kappa shape index (κ3) is 8.17. The van der Waals surface area contributed by atoms with E-state index < -0.39 is 17.3 Å². The van der Waals surface area contributed by atoms with Crippen molar-refractivity contribution in [3.63, 3.8) is 0 Å². The molecular formula is C7H9LiO6S.